The Kier molecular flexibility index (Phi) is 5.10. The van der Waals surface area contributed by atoms with Crippen LogP contribution < -0.4 is 10.6 Å². The number of piperazine rings is 1. The molecule has 0 aliphatic carbocycles. The highest BCUT2D eigenvalue weighted by Crippen LogP contribution is 2.15. The molecule has 1 heterocycles. The molecule has 0 bridgehead atoms. The first-order chi connectivity index (χ1) is 9.16. The second kappa shape index (κ2) is 6.82. The molecule has 1 aliphatic heterocycles. The van der Waals surface area contributed by atoms with E-state index < -0.39 is 11.6 Å². The first-order valence-corrected chi connectivity index (χ1v) is 6.80. The quantitative estimate of drug-likeness (QED) is 0.857. The summed E-state index contributed by atoms with van der Waals surface area (Å²) in [5.41, 5.74) is 0.243. The Morgan fingerprint density at radius 3 is 2.79 bits per heavy atom. The number of anilines is 1. The Morgan fingerprint density at radius 2 is 2.05 bits per heavy atom. The normalized spacial score (nSPS) is 18.3. The average Bonchev–Trinajstić information content (AvgIpc) is 2.43. The van der Waals surface area contributed by atoms with E-state index in [9.17, 15) is 8.78 Å². The van der Waals surface area contributed by atoms with E-state index in [1.54, 1.807) is 0 Å². The zero-order valence-electron chi connectivity index (χ0n) is 11.3. The zero-order chi connectivity index (χ0) is 13.7. The van der Waals surface area contributed by atoms with E-state index in [1.165, 1.54) is 6.07 Å². The topological polar surface area (TPSA) is 27.3 Å². The van der Waals surface area contributed by atoms with Gasteiger partial charge in [-0.2, -0.15) is 0 Å². The van der Waals surface area contributed by atoms with Crippen molar-refractivity contribution in [3.63, 3.8) is 0 Å². The van der Waals surface area contributed by atoms with Crippen LogP contribution in [0.2, 0.25) is 0 Å². The number of nitrogens with one attached hydrogen (secondary N) is 2. The lowest BCUT2D eigenvalue weighted by molar-refractivity contribution is 0.179. The maximum absolute atomic E-state index is 13.4. The third-order valence-electron chi connectivity index (χ3n) is 3.58. The molecule has 0 amide bonds. The molecule has 0 aromatic heterocycles. The molecule has 106 valence electrons. The van der Waals surface area contributed by atoms with E-state index in [4.69, 9.17) is 0 Å². The van der Waals surface area contributed by atoms with Crippen LogP contribution in [0.5, 0.6) is 0 Å². The maximum atomic E-state index is 13.4. The Morgan fingerprint density at radius 1 is 1.32 bits per heavy atom. The summed E-state index contributed by atoms with van der Waals surface area (Å²) >= 11 is 0. The van der Waals surface area contributed by atoms with Crippen molar-refractivity contribution in [1.29, 1.82) is 0 Å². The lowest BCUT2D eigenvalue weighted by Gasteiger charge is -2.32. The van der Waals surface area contributed by atoms with Crippen LogP contribution in [0.3, 0.4) is 0 Å². The van der Waals surface area contributed by atoms with Crippen molar-refractivity contribution in [2.45, 2.75) is 19.4 Å². The molecule has 1 atom stereocenters. The van der Waals surface area contributed by atoms with Crippen LogP contribution in [0.15, 0.2) is 18.2 Å². The summed E-state index contributed by atoms with van der Waals surface area (Å²) in [5, 5.41) is 6.28. The predicted octanol–water partition coefficient (Wildman–Crippen LogP) is 2.06. The third-order valence-corrected chi connectivity index (χ3v) is 3.58. The zero-order valence-corrected chi connectivity index (χ0v) is 11.3. The van der Waals surface area contributed by atoms with Gasteiger partial charge in [0.15, 0.2) is 0 Å². The highest BCUT2D eigenvalue weighted by molar-refractivity contribution is 5.44. The van der Waals surface area contributed by atoms with E-state index in [1.807, 2.05) is 0 Å². The minimum Gasteiger partial charge on any atom is -0.383 e. The van der Waals surface area contributed by atoms with Gasteiger partial charge in [-0.3, -0.25) is 4.90 Å². The highest BCUT2D eigenvalue weighted by atomic mass is 19.1. The van der Waals surface area contributed by atoms with Crippen LogP contribution in [0.4, 0.5) is 14.5 Å². The van der Waals surface area contributed by atoms with Gasteiger partial charge in [-0.15, -0.1) is 0 Å². The summed E-state index contributed by atoms with van der Waals surface area (Å²) in [6.07, 6.45) is 0.913. The monoisotopic (exact) mass is 269 g/mol. The lowest BCUT2D eigenvalue weighted by Crippen LogP contribution is -2.47. The van der Waals surface area contributed by atoms with Crippen molar-refractivity contribution >= 4 is 5.69 Å². The number of hydrogen-bond donors (Lipinski definition) is 2. The molecule has 1 aromatic rings. The van der Waals surface area contributed by atoms with Crippen molar-refractivity contribution in [3.05, 3.63) is 29.8 Å². The molecule has 0 saturated carbocycles. The summed E-state index contributed by atoms with van der Waals surface area (Å²) in [6, 6.07) is 3.93. The second-order valence-electron chi connectivity index (χ2n) is 4.97. The van der Waals surface area contributed by atoms with Crippen LogP contribution in [0.25, 0.3) is 0 Å². The van der Waals surface area contributed by atoms with Crippen molar-refractivity contribution in [2.75, 3.05) is 38.0 Å². The standard InChI is InChI=1S/C14H21F2N3/c1-11(19-8-6-17-7-9-19)4-5-18-14-10-12(15)2-3-13(14)16/h2-3,10-11,17-18H,4-9H2,1H3. The summed E-state index contributed by atoms with van der Waals surface area (Å²) in [5.74, 6) is -0.824. The smallest absolute Gasteiger partial charge is 0.146 e. The highest BCUT2D eigenvalue weighted by Gasteiger charge is 2.15. The molecule has 19 heavy (non-hydrogen) atoms. The molecule has 2 N–H and O–H groups in total. The van der Waals surface area contributed by atoms with Gasteiger partial charge in [-0.1, -0.05) is 0 Å². The first kappa shape index (κ1) is 14.2. The van der Waals surface area contributed by atoms with Crippen LogP contribution in [-0.2, 0) is 0 Å². The number of nitrogens with zero attached hydrogens (tertiary/aromatic N) is 1. The average molecular weight is 269 g/mol. The Balaban J connectivity index is 1.77. The summed E-state index contributed by atoms with van der Waals surface area (Å²) in [6.45, 7) is 6.97. The number of rotatable bonds is 5. The van der Waals surface area contributed by atoms with E-state index in [0.717, 1.165) is 44.7 Å². The fourth-order valence-electron chi connectivity index (χ4n) is 2.35. The van der Waals surface area contributed by atoms with Crippen molar-refractivity contribution < 1.29 is 8.78 Å². The minimum atomic E-state index is -0.418. The predicted molar refractivity (Wildman–Crippen MR) is 73.4 cm³/mol. The van der Waals surface area contributed by atoms with Crippen LogP contribution in [0.1, 0.15) is 13.3 Å². The Hall–Kier alpha value is -1.20. The first-order valence-electron chi connectivity index (χ1n) is 6.80. The molecule has 0 radical (unpaired) electrons. The summed E-state index contributed by atoms with van der Waals surface area (Å²) in [7, 11) is 0. The molecular formula is C14H21F2N3. The molecule has 2 rings (SSSR count). The minimum absolute atomic E-state index is 0.243. The molecule has 1 saturated heterocycles. The van der Waals surface area contributed by atoms with E-state index >= 15 is 0 Å². The molecule has 5 heteroatoms. The van der Waals surface area contributed by atoms with Gasteiger partial charge in [-0.05, 0) is 31.5 Å². The molecule has 1 fully saturated rings. The number of benzene rings is 1. The molecule has 1 aromatic carbocycles. The molecule has 0 spiro atoms. The van der Waals surface area contributed by atoms with Gasteiger partial charge in [0.1, 0.15) is 11.6 Å². The van der Waals surface area contributed by atoms with Crippen molar-refractivity contribution in [3.8, 4) is 0 Å². The van der Waals surface area contributed by atoms with Gasteiger partial charge >= 0.3 is 0 Å². The number of hydrogen-bond acceptors (Lipinski definition) is 3. The van der Waals surface area contributed by atoms with Gasteiger partial charge in [-0.25, -0.2) is 8.78 Å². The van der Waals surface area contributed by atoms with Gasteiger partial charge in [0, 0.05) is 38.8 Å². The van der Waals surface area contributed by atoms with E-state index in [0.29, 0.717) is 12.6 Å². The SMILES string of the molecule is CC(CCNc1cc(F)ccc1F)N1CCNCC1. The molecule has 3 nitrogen and oxygen atoms in total. The fourth-order valence-corrected chi connectivity index (χ4v) is 2.35. The summed E-state index contributed by atoms with van der Waals surface area (Å²) in [4.78, 5) is 2.42. The number of halogens is 2. The maximum Gasteiger partial charge on any atom is 0.146 e. The van der Waals surface area contributed by atoms with Crippen LogP contribution in [-0.4, -0.2) is 43.7 Å². The third kappa shape index (κ3) is 4.14. The molecule has 1 unspecified atom stereocenters. The summed E-state index contributed by atoms with van der Waals surface area (Å²) < 4.78 is 26.4. The lowest BCUT2D eigenvalue weighted by atomic mass is 10.1. The van der Waals surface area contributed by atoms with Crippen LogP contribution in [0, 0.1) is 11.6 Å². The Labute approximate surface area is 113 Å². The fraction of sp³-hybridized carbons (Fsp3) is 0.571. The second-order valence-corrected chi connectivity index (χ2v) is 4.97. The Bertz CT molecular complexity index is 406. The molecule has 1 aliphatic rings. The largest absolute Gasteiger partial charge is 0.383 e. The molecular weight excluding hydrogens is 248 g/mol. The van der Waals surface area contributed by atoms with Gasteiger partial charge < -0.3 is 10.6 Å². The van der Waals surface area contributed by atoms with E-state index in [2.05, 4.69) is 22.5 Å². The van der Waals surface area contributed by atoms with E-state index in [-0.39, 0.29) is 5.69 Å². The van der Waals surface area contributed by atoms with Gasteiger partial charge in [0.2, 0.25) is 0 Å². The van der Waals surface area contributed by atoms with Crippen molar-refractivity contribution in [1.82, 2.24) is 10.2 Å². The van der Waals surface area contributed by atoms with Crippen molar-refractivity contribution in [2.24, 2.45) is 0 Å². The van der Waals surface area contributed by atoms with Gasteiger partial charge in [0.25, 0.3) is 0 Å². The van der Waals surface area contributed by atoms with Crippen LogP contribution >= 0.6 is 0 Å². The van der Waals surface area contributed by atoms with Gasteiger partial charge in [0.05, 0.1) is 5.69 Å².